The molecule has 3 saturated heterocycles. The van der Waals surface area contributed by atoms with Crippen LogP contribution in [-0.2, 0) is 24.3 Å². The molecule has 0 aromatic rings. The Labute approximate surface area is 141 Å². The Morgan fingerprint density at radius 1 is 1.20 bits per heavy atom. The minimum Gasteiger partial charge on any atom is -0.465 e. The van der Waals surface area contributed by atoms with Gasteiger partial charge in [0, 0.05) is 6.54 Å². The number of nitrogens with one attached hydrogen (secondary N) is 1. The molecule has 0 radical (unpaired) electrons. The number of carboxylic acid groups (broad SMARTS) is 1. The molecule has 3 rings (SSSR count). The fourth-order valence-electron chi connectivity index (χ4n) is 2.98. The third-order valence-electron chi connectivity index (χ3n) is 4.24. The molecule has 0 spiro atoms. The first-order valence-corrected chi connectivity index (χ1v) is 8.72. The molecule has 3 aliphatic heterocycles. The first kappa shape index (κ1) is 17.7. The average molecular weight is 380 g/mol. The monoisotopic (exact) mass is 380 g/mol. The summed E-state index contributed by atoms with van der Waals surface area (Å²) in [5.41, 5.74) is 2.20. The molecule has 3 fully saturated rings. The van der Waals surface area contributed by atoms with Crippen LogP contribution < -0.4 is 5.48 Å². The number of hydroxylamine groups is 3. The molecular formula is C11H16N4O9S. The lowest BCUT2D eigenvalue weighted by atomic mass is 10.0. The van der Waals surface area contributed by atoms with Gasteiger partial charge in [0.1, 0.15) is 12.1 Å². The topological polar surface area (TPSA) is 166 Å². The maximum atomic E-state index is 12.2. The highest BCUT2D eigenvalue weighted by atomic mass is 32.3. The molecule has 0 unspecified atom stereocenters. The van der Waals surface area contributed by atoms with Gasteiger partial charge >= 0.3 is 22.5 Å². The van der Waals surface area contributed by atoms with Gasteiger partial charge in [-0.1, -0.05) is 0 Å². The summed E-state index contributed by atoms with van der Waals surface area (Å²) in [7, 11) is -4.85. The minimum absolute atomic E-state index is 0.0721. The summed E-state index contributed by atoms with van der Waals surface area (Å²) in [4.78, 5) is 42.3. The van der Waals surface area contributed by atoms with Gasteiger partial charge in [0.05, 0.1) is 19.1 Å². The zero-order valence-electron chi connectivity index (χ0n) is 12.8. The summed E-state index contributed by atoms with van der Waals surface area (Å²) in [6, 6.07) is -2.31. The molecule has 2 bridgehead atoms. The number of hydrogen-bond donors (Lipinski definition) is 3. The van der Waals surface area contributed by atoms with Crippen molar-refractivity contribution in [1.29, 1.82) is 0 Å². The van der Waals surface area contributed by atoms with E-state index in [-0.39, 0.29) is 26.1 Å². The van der Waals surface area contributed by atoms with E-state index >= 15 is 0 Å². The van der Waals surface area contributed by atoms with Crippen LogP contribution in [0.15, 0.2) is 0 Å². The number of urea groups is 1. The third-order valence-corrected chi connectivity index (χ3v) is 4.59. The first-order valence-electron chi connectivity index (χ1n) is 7.36. The number of rotatable bonds is 5. The summed E-state index contributed by atoms with van der Waals surface area (Å²) in [5, 5.41) is 9.24. The van der Waals surface area contributed by atoms with Crippen molar-refractivity contribution in [2.75, 3.05) is 19.6 Å². The maximum absolute atomic E-state index is 12.2. The first-order chi connectivity index (χ1) is 11.7. The second-order valence-electron chi connectivity index (χ2n) is 5.90. The van der Waals surface area contributed by atoms with E-state index in [9.17, 15) is 22.8 Å². The molecule has 14 heteroatoms. The van der Waals surface area contributed by atoms with Gasteiger partial charge in [-0.15, -0.1) is 4.28 Å². The summed E-state index contributed by atoms with van der Waals surface area (Å²) >= 11 is 0. The number of piperidine rings is 1. The molecule has 3 N–H and O–H groups in total. The molecule has 0 aromatic carbocycles. The van der Waals surface area contributed by atoms with Crippen molar-refractivity contribution in [1.82, 2.24) is 20.3 Å². The highest BCUT2D eigenvalue weighted by molar-refractivity contribution is 7.80. The van der Waals surface area contributed by atoms with Gasteiger partial charge in [-0.25, -0.2) is 15.1 Å². The second-order valence-corrected chi connectivity index (χ2v) is 6.91. The molecule has 0 aliphatic carbocycles. The summed E-state index contributed by atoms with van der Waals surface area (Å²) in [6.07, 6.45) is -0.995. The largest absolute Gasteiger partial charge is 0.465 e. The fourth-order valence-corrected chi connectivity index (χ4v) is 3.37. The molecule has 0 aromatic heterocycles. The van der Waals surface area contributed by atoms with Crippen LogP contribution in [0, 0.1) is 0 Å². The molecule has 0 saturated carbocycles. The van der Waals surface area contributed by atoms with E-state index < -0.39 is 46.6 Å². The number of carbonyl (C=O) groups is 3. The lowest BCUT2D eigenvalue weighted by molar-refractivity contribution is -0.151. The number of nitrogens with zero attached hydrogens (tertiary/aromatic N) is 3. The van der Waals surface area contributed by atoms with Crippen molar-refractivity contribution in [3.63, 3.8) is 0 Å². The van der Waals surface area contributed by atoms with Crippen molar-refractivity contribution in [3.8, 4) is 0 Å². The standard InChI is InChI=1S/C11H16N4O9S/c16-9(12-23-7-4-13(5-7)11(18)19)8-2-1-6-3-14(8)10(17)15(6)24-25(20,21)22/h6-8H,1-5H2,(H,12,16)(H,18,19)(H,20,21,22)/t6-,8+/m1/s1. The predicted octanol–water partition coefficient (Wildman–Crippen LogP) is -1.60. The normalized spacial score (nSPS) is 26.6. The van der Waals surface area contributed by atoms with Gasteiger partial charge in [0.2, 0.25) is 0 Å². The van der Waals surface area contributed by atoms with E-state index in [1.54, 1.807) is 0 Å². The number of amides is 4. The van der Waals surface area contributed by atoms with Crippen molar-refractivity contribution in [2.45, 2.75) is 31.0 Å². The number of likely N-dealkylation sites (tertiary alicyclic amines) is 1. The van der Waals surface area contributed by atoms with Gasteiger partial charge in [0.25, 0.3) is 5.91 Å². The van der Waals surface area contributed by atoms with Crippen LogP contribution in [0.4, 0.5) is 9.59 Å². The van der Waals surface area contributed by atoms with Crippen molar-refractivity contribution < 1.29 is 41.6 Å². The number of fused-ring (bicyclic) bond motifs is 2. The van der Waals surface area contributed by atoms with E-state index in [1.165, 1.54) is 0 Å². The third kappa shape index (κ3) is 3.60. The average Bonchev–Trinajstić information content (AvgIpc) is 2.69. The van der Waals surface area contributed by atoms with Gasteiger partial charge in [0.15, 0.2) is 0 Å². The lowest BCUT2D eigenvalue weighted by Gasteiger charge is -2.36. The van der Waals surface area contributed by atoms with Gasteiger partial charge in [-0.2, -0.15) is 13.5 Å². The van der Waals surface area contributed by atoms with Crippen molar-refractivity contribution in [2.24, 2.45) is 0 Å². The fraction of sp³-hybridized carbons (Fsp3) is 0.727. The zero-order chi connectivity index (χ0) is 18.4. The Balaban J connectivity index is 1.53. The maximum Gasteiger partial charge on any atom is 0.418 e. The highest BCUT2D eigenvalue weighted by Crippen LogP contribution is 2.30. The van der Waals surface area contributed by atoms with Gasteiger partial charge in [-0.05, 0) is 12.8 Å². The lowest BCUT2D eigenvalue weighted by Crippen LogP contribution is -2.57. The quantitative estimate of drug-likeness (QED) is 0.376. The molecule has 25 heavy (non-hydrogen) atoms. The molecule has 2 atom stereocenters. The Morgan fingerprint density at radius 3 is 2.48 bits per heavy atom. The summed E-state index contributed by atoms with van der Waals surface area (Å²) < 4.78 is 34.6. The zero-order valence-corrected chi connectivity index (χ0v) is 13.6. The van der Waals surface area contributed by atoms with Crippen LogP contribution >= 0.6 is 0 Å². The smallest absolute Gasteiger partial charge is 0.418 e. The summed E-state index contributed by atoms with van der Waals surface area (Å²) in [6.45, 7) is 0.324. The van der Waals surface area contributed by atoms with Crippen LogP contribution in [0.1, 0.15) is 12.8 Å². The van der Waals surface area contributed by atoms with E-state index in [4.69, 9.17) is 14.5 Å². The number of carbonyl (C=O) groups excluding carboxylic acids is 2. The van der Waals surface area contributed by atoms with E-state index in [0.717, 1.165) is 9.80 Å². The van der Waals surface area contributed by atoms with Gasteiger partial charge in [-0.3, -0.25) is 14.2 Å². The van der Waals surface area contributed by atoms with Crippen LogP contribution in [0.5, 0.6) is 0 Å². The predicted molar refractivity (Wildman–Crippen MR) is 76.0 cm³/mol. The van der Waals surface area contributed by atoms with Crippen LogP contribution in [-0.4, -0.2) is 88.8 Å². The molecule has 3 heterocycles. The van der Waals surface area contributed by atoms with E-state index in [1.807, 2.05) is 0 Å². The molecule has 13 nitrogen and oxygen atoms in total. The van der Waals surface area contributed by atoms with Crippen LogP contribution in [0.25, 0.3) is 0 Å². The van der Waals surface area contributed by atoms with Crippen LogP contribution in [0.2, 0.25) is 0 Å². The van der Waals surface area contributed by atoms with Crippen LogP contribution in [0.3, 0.4) is 0 Å². The van der Waals surface area contributed by atoms with E-state index in [0.29, 0.717) is 11.5 Å². The minimum atomic E-state index is -4.85. The Morgan fingerprint density at radius 2 is 1.88 bits per heavy atom. The van der Waals surface area contributed by atoms with Crippen molar-refractivity contribution in [3.05, 3.63) is 0 Å². The Kier molecular flexibility index (Phi) is 4.44. The highest BCUT2D eigenvalue weighted by Gasteiger charge is 2.49. The molecule has 140 valence electrons. The summed E-state index contributed by atoms with van der Waals surface area (Å²) in [5.74, 6) is -0.603. The molecule has 4 amide bonds. The Bertz CT molecular complexity index is 692. The SMILES string of the molecule is O=C(NOC1CN(C(=O)O)C1)[C@@H]1CC[C@@H]2CN1C(=O)N2OS(=O)(=O)O. The molecular weight excluding hydrogens is 364 g/mol. The van der Waals surface area contributed by atoms with Gasteiger partial charge < -0.3 is 14.9 Å². The molecule has 3 aliphatic rings. The number of hydrogen-bond acceptors (Lipinski definition) is 7. The van der Waals surface area contributed by atoms with E-state index in [2.05, 4.69) is 9.76 Å². The second kappa shape index (κ2) is 6.29. The van der Waals surface area contributed by atoms with Crippen molar-refractivity contribution >= 4 is 28.4 Å². The Hall–Kier alpha value is -2.16.